The first-order valence-corrected chi connectivity index (χ1v) is 9.79. The maximum atomic E-state index is 11.6. The number of carbonyl (C=O) groups is 1. The van der Waals surface area contributed by atoms with Crippen LogP contribution in [0.2, 0.25) is 0 Å². The number of aliphatic hydroxyl groups excluding tert-OH is 1. The van der Waals surface area contributed by atoms with Gasteiger partial charge in [-0.05, 0) is 37.5 Å². The molecule has 1 unspecified atom stereocenters. The van der Waals surface area contributed by atoms with Crippen molar-refractivity contribution in [1.29, 1.82) is 0 Å². The van der Waals surface area contributed by atoms with Crippen LogP contribution in [-0.2, 0) is 4.74 Å². The standard InChI is InChI=1S/C20H32N4O5.HI/c1-5-21-19(23-15-6-8-24(9-7-15)20(26)29-4)22-13-18(25)14-10-16(27-2)12-17(11-14)28-3;/h10-12,15,18,25H,5-9,13H2,1-4H3,(H2,21,22,23);1H. The van der Waals surface area contributed by atoms with Crippen molar-refractivity contribution in [2.45, 2.75) is 31.9 Å². The summed E-state index contributed by atoms with van der Waals surface area (Å²) in [4.78, 5) is 17.8. The van der Waals surface area contributed by atoms with Crippen LogP contribution in [-0.4, -0.2) is 75.6 Å². The second-order valence-corrected chi connectivity index (χ2v) is 6.76. The fourth-order valence-corrected chi connectivity index (χ4v) is 3.15. The molecule has 1 saturated heterocycles. The topological polar surface area (TPSA) is 105 Å². The summed E-state index contributed by atoms with van der Waals surface area (Å²) in [5.41, 5.74) is 0.673. The molecule has 3 N–H and O–H groups in total. The number of guanidine groups is 1. The summed E-state index contributed by atoms with van der Waals surface area (Å²) in [5, 5.41) is 17.2. The third-order valence-corrected chi connectivity index (χ3v) is 4.79. The zero-order valence-corrected chi connectivity index (χ0v) is 20.3. The summed E-state index contributed by atoms with van der Waals surface area (Å²) in [6.07, 6.45) is 0.515. The fourth-order valence-electron chi connectivity index (χ4n) is 3.15. The molecular formula is C20H33IN4O5. The van der Waals surface area contributed by atoms with Gasteiger partial charge < -0.3 is 34.9 Å². The molecule has 9 nitrogen and oxygen atoms in total. The average Bonchev–Trinajstić information content (AvgIpc) is 2.76. The molecule has 1 aromatic rings. The number of halogens is 1. The maximum absolute atomic E-state index is 11.6. The van der Waals surface area contributed by atoms with Gasteiger partial charge in [-0.2, -0.15) is 0 Å². The van der Waals surface area contributed by atoms with Crippen LogP contribution < -0.4 is 20.1 Å². The van der Waals surface area contributed by atoms with Crippen molar-refractivity contribution in [3.05, 3.63) is 23.8 Å². The Kier molecular flexibility index (Phi) is 11.6. The minimum atomic E-state index is -0.796. The van der Waals surface area contributed by atoms with Crippen molar-refractivity contribution in [1.82, 2.24) is 15.5 Å². The number of ether oxygens (including phenoxy) is 3. The highest BCUT2D eigenvalue weighted by Crippen LogP contribution is 2.26. The van der Waals surface area contributed by atoms with E-state index >= 15 is 0 Å². The van der Waals surface area contributed by atoms with E-state index in [-0.39, 0.29) is 42.7 Å². The molecule has 0 aromatic heterocycles. The van der Waals surface area contributed by atoms with Crippen LogP contribution in [0.25, 0.3) is 0 Å². The number of nitrogens with one attached hydrogen (secondary N) is 2. The minimum absolute atomic E-state index is 0. The lowest BCUT2D eigenvalue weighted by molar-refractivity contribution is 0.111. The predicted molar refractivity (Wildman–Crippen MR) is 126 cm³/mol. The number of benzene rings is 1. The van der Waals surface area contributed by atoms with Crippen LogP contribution in [0.4, 0.5) is 4.79 Å². The van der Waals surface area contributed by atoms with Crippen LogP contribution in [0.15, 0.2) is 23.2 Å². The number of rotatable bonds is 7. The Labute approximate surface area is 195 Å². The molecule has 0 aliphatic carbocycles. The van der Waals surface area contributed by atoms with Crippen molar-refractivity contribution in [3.63, 3.8) is 0 Å². The maximum Gasteiger partial charge on any atom is 0.409 e. The normalized spacial score (nSPS) is 15.6. The first-order chi connectivity index (χ1) is 14.0. The van der Waals surface area contributed by atoms with Crippen molar-refractivity contribution in [3.8, 4) is 11.5 Å². The van der Waals surface area contributed by atoms with Crippen LogP contribution in [0.5, 0.6) is 11.5 Å². The molecule has 1 amide bonds. The Morgan fingerprint density at radius 2 is 1.80 bits per heavy atom. The molecule has 1 aliphatic heterocycles. The Morgan fingerprint density at radius 1 is 1.20 bits per heavy atom. The van der Waals surface area contributed by atoms with E-state index in [4.69, 9.17) is 14.2 Å². The first kappa shape index (κ1) is 26.1. The van der Waals surface area contributed by atoms with Gasteiger partial charge in [-0.3, -0.25) is 4.99 Å². The lowest BCUT2D eigenvalue weighted by atomic mass is 10.1. The lowest BCUT2D eigenvalue weighted by Gasteiger charge is -2.32. The third-order valence-electron chi connectivity index (χ3n) is 4.79. The number of likely N-dealkylation sites (tertiary alicyclic amines) is 1. The van der Waals surface area contributed by atoms with E-state index in [1.165, 1.54) is 7.11 Å². The van der Waals surface area contributed by atoms with Crippen LogP contribution >= 0.6 is 24.0 Å². The molecule has 0 spiro atoms. The van der Waals surface area contributed by atoms with Crippen LogP contribution in [0.3, 0.4) is 0 Å². The molecule has 1 aromatic carbocycles. The lowest BCUT2D eigenvalue weighted by Crippen LogP contribution is -2.49. The number of hydrogen-bond donors (Lipinski definition) is 3. The number of piperidine rings is 1. The summed E-state index contributed by atoms with van der Waals surface area (Å²) in [6, 6.07) is 5.49. The van der Waals surface area contributed by atoms with Crippen molar-refractivity contribution < 1.29 is 24.1 Å². The first-order valence-electron chi connectivity index (χ1n) is 9.79. The van der Waals surface area contributed by atoms with Gasteiger partial charge in [0.05, 0.1) is 34.0 Å². The molecule has 0 saturated carbocycles. The van der Waals surface area contributed by atoms with E-state index in [2.05, 4.69) is 15.6 Å². The van der Waals surface area contributed by atoms with E-state index < -0.39 is 6.10 Å². The molecule has 10 heteroatoms. The monoisotopic (exact) mass is 536 g/mol. The predicted octanol–water partition coefficient (Wildman–Crippen LogP) is 2.14. The molecule has 0 radical (unpaired) electrons. The van der Waals surface area contributed by atoms with Gasteiger partial charge in [0.1, 0.15) is 11.5 Å². The minimum Gasteiger partial charge on any atom is -0.497 e. The van der Waals surface area contributed by atoms with E-state index in [0.717, 1.165) is 12.8 Å². The van der Waals surface area contributed by atoms with Gasteiger partial charge in [0.25, 0.3) is 0 Å². The van der Waals surface area contributed by atoms with Crippen molar-refractivity contribution >= 4 is 36.0 Å². The summed E-state index contributed by atoms with van der Waals surface area (Å²) in [7, 11) is 4.54. The highest BCUT2D eigenvalue weighted by Gasteiger charge is 2.23. The van der Waals surface area contributed by atoms with E-state index in [0.29, 0.717) is 42.7 Å². The van der Waals surface area contributed by atoms with Gasteiger partial charge in [-0.1, -0.05) is 0 Å². The summed E-state index contributed by atoms with van der Waals surface area (Å²) < 4.78 is 15.3. The molecule has 170 valence electrons. The Hall–Kier alpha value is -1.95. The second-order valence-electron chi connectivity index (χ2n) is 6.76. The smallest absolute Gasteiger partial charge is 0.409 e. The zero-order valence-electron chi connectivity index (χ0n) is 18.0. The van der Waals surface area contributed by atoms with E-state index in [1.807, 2.05) is 6.92 Å². The van der Waals surface area contributed by atoms with Gasteiger partial charge in [0.15, 0.2) is 5.96 Å². The molecule has 1 fully saturated rings. The van der Waals surface area contributed by atoms with Crippen molar-refractivity contribution in [2.75, 3.05) is 47.5 Å². The molecule has 30 heavy (non-hydrogen) atoms. The van der Waals surface area contributed by atoms with Crippen molar-refractivity contribution in [2.24, 2.45) is 4.99 Å². The van der Waals surface area contributed by atoms with Gasteiger partial charge >= 0.3 is 6.09 Å². The van der Waals surface area contributed by atoms with Gasteiger partial charge in [0.2, 0.25) is 0 Å². The SMILES string of the molecule is CCNC(=NCC(O)c1cc(OC)cc(OC)c1)NC1CCN(C(=O)OC)CC1.I. The number of aliphatic hydroxyl groups is 1. The third kappa shape index (κ3) is 7.71. The quantitative estimate of drug-likeness (QED) is 0.279. The molecule has 0 bridgehead atoms. The largest absolute Gasteiger partial charge is 0.497 e. The highest BCUT2D eigenvalue weighted by atomic mass is 127. The highest BCUT2D eigenvalue weighted by molar-refractivity contribution is 14.0. The number of nitrogens with zero attached hydrogens (tertiary/aromatic N) is 2. The summed E-state index contributed by atoms with van der Waals surface area (Å²) in [6.45, 7) is 4.15. The number of aliphatic imine (C=N–C) groups is 1. The zero-order chi connectivity index (χ0) is 21.2. The molecule has 1 aliphatic rings. The number of hydrogen-bond acceptors (Lipinski definition) is 6. The average molecular weight is 536 g/mol. The van der Waals surface area contributed by atoms with Crippen LogP contribution in [0.1, 0.15) is 31.4 Å². The molecule has 2 rings (SSSR count). The van der Waals surface area contributed by atoms with E-state index in [9.17, 15) is 9.90 Å². The van der Waals surface area contributed by atoms with Crippen LogP contribution in [0, 0.1) is 0 Å². The summed E-state index contributed by atoms with van der Waals surface area (Å²) in [5.74, 6) is 1.87. The van der Waals surface area contributed by atoms with Gasteiger partial charge in [-0.25, -0.2) is 4.79 Å². The molecule has 1 heterocycles. The Balaban J connectivity index is 0.00000450. The van der Waals surface area contributed by atoms with E-state index in [1.54, 1.807) is 37.3 Å². The Bertz CT molecular complexity index is 674. The number of amides is 1. The fraction of sp³-hybridized carbons (Fsp3) is 0.600. The molecule has 1 atom stereocenters. The summed E-state index contributed by atoms with van der Waals surface area (Å²) >= 11 is 0. The molecular weight excluding hydrogens is 503 g/mol. The van der Waals surface area contributed by atoms with Gasteiger partial charge in [0, 0.05) is 31.7 Å². The second kappa shape index (κ2) is 13.4. The van der Waals surface area contributed by atoms with Gasteiger partial charge in [-0.15, -0.1) is 24.0 Å². The number of methoxy groups -OCH3 is 3. The number of carbonyl (C=O) groups excluding carboxylic acids is 1. The Morgan fingerprint density at radius 3 is 2.30 bits per heavy atom.